The van der Waals surface area contributed by atoms with Gasteiger partial charge in [0.2, 0.25) is 0 Å². The van der Waals surface area contributed by atoms with Crippen molar-refractivity contribution in [3.8, 4) is 0 Å². The van der Waals surface area contributed by atoms with Crippen molar-refractivity contribution in [2.24, 2.45) is 0 Å². The molecule has 0 amide bonds. The fourth-order valence-electron chi connectivity index (χ4n) is 2.21. The fraction of sp³-hybridized carbons (Fsp3) is 0.286. The van der Waals surface area contributed by atoms with Crippen molar-refractivity contribution in [2.75, 3.05) is 6.54 Å². The molecule has 0 bridgehead atoms. The van der Waals surface area contributed by atoms with Crippen LogP contribution in [0.25, 0.3) is 5.52 Å². The maximum Gasteiger partial charge on any atom is 0.0931 e. The molecule has 104 valence electrons. The molecule has 0 radical (unpaired) electrons. The molecule has 0 aromatic carbocycles. The van der Waals surface area contributed by atoms with E-state index in [-0.39, 0.29) is 6.04 Å². The van der Waals surface area contributed by atoms with Gasteiger partial charge >= 0.3 is 0 Å². The number of fused-ring (bicyclic) bond motifs is 1. The number of aromatic nitrogens is 3. The summed E-state index contributed by atoms with van der Waals surface area (Å²) in [5, 5.41) is 7.95. The molecule has 3 aromatic heterocycles. The van der Waals surface area contributed by atoms with Crippen molar-refractivity contribution >= 4 is 28.5 Å². The van der Waals surface area contributed by atoms with Crippen LogP contribution in [0, 0.1) is 0 Å². The largest absolute Gasteiger partial charge is 0.305 e. The Morgan fingerprint density at radius 2 is 2.30 bits per heavy atom. The average molecular weight is 307 g/mol. The van der Waals surface area contributed by atoms with E-state index in [2.05, 4.69) is 28.4 Å². The van der Waals surface area contributed by atoms with Gasteiger partial charge in [0.25, 0.3) is 0 Å². The highest BCUT2D eigenvalue weighted by atomic mass is 35.5. The van der Waals surface area contributed by atoms with Crippen LogP contribution in [-0.2, 0) is 0 Å². The molecule has 20 heavy (non-hydrogen) atoms. The maximum absolute atomic E-state index is 6.08. The van der Waals surface area contributed by atoms with Gasteiger partial charge in [0.05, 0.1) is 28.3 Å². The van der Waals surface area contributed by atoms with Gasteiger partial charge in [0, 0.05) is 22.8 Å². The Morgan fingerprint density at radius 3 is 3.05 bits per heavy atom. The minimum absolute atomic E-state index is 0.106. The summed E-state index contributed by atoms with van der Waals surface area (Å²) >= 11 is 7.67. The van der Waals surface area contributed by atoms with Crippen molar-refractivity contribution in [3.63, 3.8) is 0 Å². The number of hydrogen-bond donors (Lipinski definition) is 1. The molecule has 0 aliphatic heterocycles. The van der Waals surface area contributed by atoms with Crippen LogP contribution in [0.3, 0.4) is 0 Å². The molecule has 1 unspecified atom stereocenters. The lowest BCUT2D eigenvalue weighted by atomic mass is 10.1. The van der Waals surface area contributed by atoms with E-state index in [9.17, 15) is 0 Å². The van der Waals surface area contributed by atoms with Crippen molar-refractivity contribution in [3.05, 3.63) is 51.7 Å². The molecule has 1 atom stereocenters. The van der Waals surface area contributed by atoms with E-state index in [0.717, 1.165) is 28.4 Å². The zero-order valence-electron chi connectivity index (χ0n) is 11.1. The molecule has 4 nitrogen and oxygen atoms in total. The highest BCUT2D eigenvalue weighted by Crippen LogP contribution is 2.32. The first-order chi connectivity index (χ1) is 9.79. The van der Waals surface area contributed by atoms with Gasteiger partial charge in [0.1, 0.15) is 0 Å². The molecule has 0 fully saturated rings. The Balaban J connectivity index is 2.04. The predicted molar refractivity (Wildman–Crippen MR) is 82.5 cm³/mol. The monoisotopic (exact) mass is 306 g/mol. The van der Waals surface area contributed by atoms with Gasteiger partial charge in [-0.3, -0.25) is 4.98 Å². The number of halogens is 1. The van der Waals surface area contributed by atoms with Gasteiger partial charge < -0.3 is 5.32 Å². The van der Waals surface area contributed by atoms with Gasteiger partial charge in [-0.15, -0.1) is 11.3 Å². The topological polar surface area (TPSA) is 42.2 Å². The van der Waals surface area contributed by atoms with Crippen molar-refractivity contribution < 1.29 is 0 Å². The molecule has 6 heteroatoms. The molecule has 0 spiro atoms. The Bertz CT molecular complexity index is 706. The molecule has 3 aromatic rings. The summed E-state index contributed by atoms with van der Waals surface area (Å²) in [6.07, 6.45) is 8.42. The predicted octanol–water partition coefficient (Wildman–Crippen LogP) is 3.53. The summed E-state index contributed by atoms with van der Waals surface area (Å²) in [7, 11) is 0. The second-order valence-electron chi connectivity index (χ2n) is 4.54. The Labute approximate surface area is 126 Å². The van der Waals surface area contributed by atoms with E-state index in [1.54, 1.807) is 17.5 Å². The lowest BCUT2D eigenvalue weighted by Gasteiger charge is -2.16. The number of hydrogen-bond acceptors (Lipinski definition) is 4. The zero-order chi connectivity index (χ0) is 13.9. The van der Waals surface area contributed by atoms with Crippen LogP contribution in [0.1, 0.15) is 29.8 Å². The Hall–Kier alpha value is -1.43. The third-order valence-electron chi connectivity index (χ3n) is 3.14. The van der Waals surface area contributed by atoms with Crippen LogP contribution < -0.4 is 5.32 Å². The second kappa shape index (κ2) is 5.91. The first-order valence-electron chi connectivity index (χ1n) is 6.55. The summed E-state index contributed by atoms with van der Waals surface area (Å²) in [5.41, 5.74) is 2.15. The minimum atomic E-state index is 0.106. The molecule has 0 saturated carbocycles. The maximum atomic E-state index is 6.08. The van der Waals surface area contributed by atoms with Crippen molar-refractivity contribution in [1.29, 1.82) is 0 Å². The molecule has 1 N–H and O–H groups in total. The summed E-state index contributed by atoms with van der Waals surface area (Å²) < 4.78 is 2.65. The first kappa shape index (κ1) is 13.5. The number of rotatable bonds is 5. The van der Waals surface area contributed by atoms with Gasteiger partial charge in [-0.05, 0) is 25.1 Å². The molecule has 3 rings (SSSR count). The highest BCUT2D eigenvalue weighted by Gasteiger charge is 2.19. The van der Waals surface area contributed by atoms with Gasteiger partial charge in [-0.2, -0.15) is 5.10 Å². The lowest BCUT2D eigenvalue weighted by Crippen LogP contribution is -2.22. The molecule has 0 aliphatic carbocycles. The van der Waals surface area contributed by atoms with E-state index in [4.69, 9.17) is 11.6 Å². The van der Waals surface area contributed by atoms with Crippen LogP contribution in [0.5, 0.6) is 0 Å². The standard InChI is InChI=1S/C14H15ClN4S/c1-2-5-17-14(12-3-4-13(15)20-12)10-8-18-19-7-6-16-9-11(10)19/h3-4,6-9,14,17H,2,5H2,1H3. The van der Waals surface area contributed by atoms with Crippen molar-refractivity contribution in [1.82, 2.24) is 19.9 Å². The average Bonchev–Trinajstić information content (AvgIpc) is 3.07. The van der Waals surface area contributed by atoms with Gasteiger partial charge in [-0.25, -0.2) is 4.52 Å². The quantitative estimate of drug-likeness (QED) is 0.784. The van der Waals surface area contributed by atoms with E-state index in [1.807, 2.05) is 29.2 Å². The van der Waals surface area contributed by atoms with E-state index in [1.165, 1.54) is 4.88 Å². The van der Waals surface area contributed by atoms with E-state index >= 15 is 0 Å². The summed E-state index contributed by atoms with van der Waals surface area (Å²) in [6.45, 7) is 3.10. The molecule has 0 saturated heterocycles. The molecular formula is C14H15ClN4S. The van der Waals surface area contributed by atoms with Gasteiger partial charge in [-0.1, -0.05) is 18.5 Å². The highest BCUT2D eigenvalue weighted by molar-refractivity contribution is 7.16. The van der Waals surface area contributed by atoms with Gasteiger partial charge in [0.15, 0.2) is 0 Å². The number of thiophene rings is 1. The normalized spacial score (nSPS) is 12.9. The van der Waals surface area contributed by atoms with Crippen LogP contribution >= 0.6 is 22.9 Å². The molecular weight excluding hydrogens is 292 g/mol. The van der Waals surface area contributed by atoms with E-state index < -0.39 is 0 Å². The fourth-order valence-corrected chi connectivity index (χ4v) is 3.37. The van der Waals surface area contributed by atoms with E-state index in [0.29, 0.717) is 0 Å². The summed E-state index contributed by atoms with van der Waals surface area (Å²) in [4.78, 5) is 5.39. The van der Waals surface area contributed by atoms with Crippen LogP contribution in [-0.4, -0.2) is 21.1 Å². The van der Waals surface area contributed by atoms with Crippen LogP contribution in [0.2, 0.25) is 4.34 Å². The third-order valence-corrected chi connectivity index (χ3v) is 4.44. The second-order valence-corrected chi connectivity index (χ2v) is 6.28. The molecule has 0 aliphatic rings. The minimum Gasteiger partial charge on any atom is -0.305 e. The first-order valence-corrected chi connectivity index (χ1v) is 7.75. The van der Waals surface area contributed by atoms with Crippen molar-refractivity contribution in [2.45, 2.75) is 19.4 Å². The van der Waals surface area contributed by atoms with Crippen LogP contribution in [0.4, 0.5) is 0 Å². The Kier molecular flexibility index (Phi) is 4.00. The SMILES string of the molecule is CCCNC(c1ccc(Cl)s1)c1cnn2ccncc12. The Morgan fingerprint density at radius 1 is 1.40 bits per heavy atom. The zero-order valence-corrected chi connectivity index (χ0v) is 12.7. The lowest BCUT2D eigenvalue weighted by molar-refractivity contribution is 0.608. The summed E-state index contributed by atoms with van der Waals surface area (Å²) in [6, 6.07) is 4.11. The summed E-state index contributed by atoms with van der Waals surface area (Å²) in [5.74, 6) is 0. The van der Waals surface area contributed by atoms with Crippen LogP contribution in [0.15, 0.2) is 36.9 Å². The molecule has 3 heterocycles. The smallest absolute Gasteiger partial charge is 0.0931 e. The third kappa shape index (κ3) is 2.57. The number of nitrogens with one attached hydrogen (secondary N) is 1. The number of nitrogens with zero attached hydrogens (tertiary/aromatic N) is 3.